The van der Waals surface area contributed by atoms with Gasteiger partial charge in [0, 0.05) is 0 Å². The highest BCUT2D eigenvalue weighted by molar-refractivity contribution is 5.64. The van der Waals surface area contributed by atoms with Crippen molar-refractivity contribution in [3.63, 3.8) is 0 Å². The average molecular weight is 224 g/mol. The van der Waals surface area contributed by atoms with E-state index in [0.29, 0.717) is 12.2 Å². The summed E-state index contributed by atoms with van der Waals surface area (Å²) < 4.78 is 0. The van der Waals surface area contributed by atoms with Crippen molar-refractivity contribution < 1.29 is 4.84 Å². The van der Waals surface area contributed by atoms with Crippen LogP contribution in [0.4, 0.5) is 0 Å². The molecular formula is C14H12N2O. The highest BCUT2D eigenvalue weighted by Gasteiger charge is 1.98. The van der Waals surface area contributed by atoms with Crippen LogP contribution in [0, 0.1) is 11.3 Å². The maximum Gasteiger partial charge on any atom is 0.0991 e. The molecule has 2 N–H and O–H groups in total. The van der Waals surface area contributed by atoms with E-state index in [9.17, 15) is 0 Å². The van der Waals surface area contributed by atoms with Gasteiger partial charge in [0.1, 0.15) is 0 Å². The van der Waals surface area contributed by atoms with Crippen molar-refractivity contribution in [3.8, 4) is 17.2 Å². The lowest BCUT2D eigenvalue weighted by atomic mass is 10.0. The summed E-state index contributed by atoms with van der Waals surface area (Å²) in [7, 11) is 0. The van der Waals surface area contributed by atoms with E-state index < -0.39 is 0 Å². The molecule has 0 aliphatic rings. The minimum Gasteiger partial charge on any atom is -0.300 e. The SMILES string of the molecule is N#Cc1ccc(-c2ccc(CON)cc2)cc1. The lowest BCUT2D eigenvalue weighted by Gasteiger charge is -2.03. The van der Waals surface area contributed by atoms with Crippen molar-refractivity contribution in [2.24, 2.45) is 5.90 Å². The molecule has 2 aromatic rings. The van der Waals surface area contributed by atoms with E-state index in [1.165, 1.54) is 0 Å². The summed E-state index contributed by atoms with van der Waals surface area (Å²) in [5, 5.41) is 8.72. The van der Waals surface area contributed by atoms with Crippen LogP contribution in [-0.4, -0.2) is 0 Å². The first-order valence-corrected chi connectivity index (χ1v) is 5.24. The van der Waals surface area contributed by atoms with Gasteiger partial charge in [-0.3, -0.25) is 4.84 Å². The predicted molar refractivity (Wildman–Crippen MR) is 65.6 cm³/mol. The van der Waals surface area contributed by atoms with Gasteiger partial charge in [0.05, 0.1) is 18.2 Å². The second kappa shape index (κ2) is 5.26. The smallest absolute Gasteiger partial charge is 0.0991 e. The fraction of sp³-hybridized carbons (Fsp3) is 0.0714. The van der Waals surface area contributed by atoms with Gasteiger partial charge in [0.15, 0.2) is 0 Å². The standard InChI is InChI=1S/C14H12N2O/c15-9-11-1-5-13(6-2-11)14-7-3-12(4-8-14)10-17-16/h1-8H,10,16H2. The molecule has 0 saturated carbocycles. The molecule has 0 radical (unpaired) electrons. The molecule has 0 bridgehead atoms. The third kappa shape index (κ3) is 2.70. The summed E-state index contributed by atoms with van der Waals surface area (Å²) in [6, 6.07) is 17.6. The molecule has 0 spiro atoms. The third-order valence-electron chi connectivity index (χ3n) is 2.55. The van der Waals surface area contributed by atoms with Gasteiger partial charge in [-0.15, -0.1) is 0 Å². The lowest BCUT2D eigenvalue weighted by molar-refractivity contribution is 0.124. The van der Waals surface area contributed by atoms with E-state index in [4.69, 9.17) is 11.2 Å². The van der Waals surface area contributed by atoms with Crippen LogP contribution < -0.4 is 5.90 Å². The number of benzene rings is 2. The van der Waals surface area contributed by atoms with Crippen LogP contribution in [0.3, 0.4) is 0 Å². The molecule has 84 valence electrons. The van der Waals surface area contributed by atoms with Crippen LogP contribution in [0.15, 0.2) is 48.5 Å². The number of hydrogen-bond acceptors (Lipinski definition) is 3. The first-order valence-electron chi connectivity index (χ1n) is 5.24. The molecule has 3 nitrogen and oxygen atoms in total. The Kier molecular flexibility index (Phi) is 3.51. The summed E-state index contributed by atoms with van der Waals surface area (Å²) in [6.07, 6.45) is 0. The molecule has 0 atom stereocenters. The lowest BCUT2D eigenvalue weighted by Crippen LogP contribution is -1.98. The van der Waals surface area contributed by atoms with Gasteiger partial charge < -0.3 is 0 Å². The molecule has 0 aliphatic carbocycles. The Morgan fingerprint density at radius 2 is 1.47 bits per heavy atom. The Hall–Kier alpha value is -2.15. The minimum absolute atomic E-state index is 0.410. The molecular weight excluding hydrogens is 212 g/mol. The summed E-state index contributed by atoms with van der Waals surface area (Å²) in [5.74, 6) is 5.01. The van der Waals surface area contributed by atoms with Gasteiger partial charge in [0.2, 0.25) is 0 Å². The Morgan fingerprint density at radius 3 is 1.94 bits per heavy atom. The molecule has 0 amide bonds. The van der Waals surface area contributed by atoms with E-state index in [0.717, 1.165) is 16.7 Å². The fourth-order valence-corrected chi connectivity index (χ4v) is 1.63. The van der Waals surface area contributed by atoms with Crippen LogP contribution in [0.25, 0.3) is 11.1 Å². The average Bonchev–Trinajstić information content (AvgIpc) is 2.40. The first-order chi connectivity index (χ1) is 8.33. The molecule has 2 aromatic carbocycles. The molecule has 3 heteroatoms. The Labute approximate surface area is 100 Å². The first kappa shape index (κ1) is 11.3. The van der Waals surface area contributed by atoms with Crippen molar-refractivity contribution in [1.29, 1.82) is 5.26 Å². The molecule has 0 saturated heterocycles. The molecule has 0 fully saturated rings. The zero-order valence-electron chi connectivity index (χ0n) is 9.26. The molecule has 0 aromatic heterocycles. The van der Waals surface area contributed by atoms with Crippen molar-refractivity contribution >= 4 is 0 Å². The summed E-state index contributed by atoms with van der Waals surface area (Å²) in [4.78, 5) is 4.57. The van der Waals surface area contributed by atoms with Gasteiger partial charge in [-0.2, -0.15) is 5.26 Å². The van der Waals surface area contributed by atoms with Crippen LogP contribution in [-0.2, 0) is 11.4 Å². The van der Waals surface area contributed by atoms with Gasteiger partial charge in [-0.25, -0.2) is 5.90 Å². The topological polar surface area (TPSA) is 59.0 Å². The number of nitrogens with two attached hydrogens (primary N) is 1. The maximum absolute atomic E-state index is 8.72. The van der Waals surface area contributed by atoms with E-state index in [1.807, 2.05) is 48.5 Å². The molecule has 2 rings (SSSR count). The van der Waals surface area contributed by atoms with Crippen LogP contribution >= 0.6 is 0 Å². The zero-order chi connectivity index (χ0) is 12.1. The Bertz CT molecular complexity index is 524. The quantitative estimate of drug-likeness (QED) is 0.815. The van der Waals surface area contributed by atoms with Crippen LogP contribution in [0.2, 0.25) is 0 Å². The van der Waals surface area contributed by atoms with Crippen molar-refractivity contribution in [3.05, 3.63) is 59.7 Å². The zero-order valence-corrected chi connectivity index (χ0v) is 9.26. The molecule has 0 unspecified atom stereocenters. The van der Waals surface area contributed by atoms with Gasteiger partial charge >= 0.3 is 0 Å². The number of rotatable bonds is 3. The van der Waals surface area contributed by atoms with Gasteiger partial charge in [0.25, 0.3) is 0 Å². The summed E-state index contributed by atoms with van der Waals surface area (Å²) in [5.41, 5.74) is 3.89. The summed E-state index contributed by atoms with van der Waals surface area (Å²) in [6.45, 7) is 0.410. The third-order valence-corrected chi connectivity index (χ3v) is 2.55. The predicted octanol–water partition coefficient (Wildman–Crippen LogP) is 2.62. The van der Waals surface area contributed by atoms with Crippen LogP contribution in [0.5, 0.6) is 0 Å². The van der Waals surface area contributed by atoms with Gasteiger partial charge in [-0.05, 0) is 28.8 Å². The van der Waals surface area contributed by atoms with Gasteiger partial charge in [-0.1, -0.05) is 36.4 Å². The molecule has 0 heterocycles. The van der Waals surface area contributed by atoms with E-state index in [1.54, 1.807) is 0 Å². The van der Waals surface area contributed by atoms with Crippen molar-refractivity contribution in [2.75, 3.05) is 0 Å². The highest BCUT2D eigenvalue weighted by Crippen LogP contribution is 2.20. The minimum atomic E-state index is 0.410. The molecule has 0 aliphatic heterocycles. The normalized spacial score (nSPS) is 9.88. The number of hydrogen-bond donors (Lipinski definition) is 1. The second-order valence-electron chi connectivity index (χ2n) is 3.70. The Balaban J connectivity index is 2.24. The highest BCUT2D eigenvalue weighted by atomic mass is 16.6. The maximum atomic E-state index is 8.72. The largest absolute Gasteiger partial charge is 0.300 e. The number of nitrogens with zero attached hydrogens (tertiary/aromatic N) is 1. The number of nitriles is 1. The van der Waals surface area contributed by atoms with Crippen LogP contribution in [0.1, 0.15) is 11.1 Å². The molecule has 17 heavy (non-hydrogen) atoms. The van der Waals surface area contributed by atoms with E-state index in [2.05, 4.69) is 10.9 Å². The van der Waals surface area contributed by atoms with E-state index in [-0.39, 0.29) is 0 Å². The van der Waals surface area contributed by atoms with E-state index >= 15 is 0 Å². The second-order valence-corrected chi connectivity index (χ2v) is 3.70. The fourth-order valence-electron chi connectivity index (χ4n) is 1.63. The monoisotopic (exact) mass is 224 g/mol. The van der Waals surface area contributed by atoms with Crippen molar-refractivity contribution in [2.45, 2.75) is 6.61 Å². The summed E-state index contributed by atoms with van der Waals surface area (Å²) >= 11 is 0. The Morgan fingerprint density at radius 1 is 0.941 bits per heavy atom. The van der Waals surface area contributed by atoms with Crippen molar-refractivity contribution in [1.82, 2.24) is 0 Å².